The molecule has 0 saturated heterocycles. The summed E-state index contributed by atoms with van der Waals surface area (Å²) in [5.74, 6) is -0.121. The first-order valence-corrected chi connectivity index (χ1v) is 9.13. The minimum Gasteiger partial charge on any atom is -0.273 e. The van der Waals surface area contributed by atoms with Crippen LogP contribution in [-0.2, 0) is 11.2 Å². The molecule has 3 aromatic rings. The quantitative estimate of drug-likeness (QED) is 0.464. The van der Waals surface area contributed by atoms with Gasteiger partial charge in [0, 0.05) is 5.02 Å². The van der Waals surface area contributed by atoms with Crippen molar-refractivity contribution in [1.82, 2.24) is 5.43 Å². The van der Waals surface area contributed by atoms with Gasteiger partial charge in [0.1, 0.15) is 0 Å². The molecule has 0 heterocycles. The fourth-order valence-electron chi connectivity index (χ4n) is 2.93. The molecule has 0 aromatic heterocycles. The largest absolute Gasteiger partial charge is 0.273 e. The Morgan fingerprint density at radius 3 is 2.50 bits per heavy atom. The second kappa shape index (κ2) is 8.63. The smallest absolute Gasteiger partial charge is 0.244 e. The predicted octanol–water partition coefficient (Wildman–Crippen LogP) is 5.36. The molecule has 132 valence electrons. The lowest BCUT2D eigenvalue weighted by molar-refractivity contribution is -0.120. The van der Waals surface area contributed by atoms with Crippen molar-refractivity contribution in [3.8, 4) is 0 Å². The van der Waals surface area contributed by atoms with Crippen LogP contribution in [0.1, 0.15) is 30.9 Å². The summed E-state index contributed by atoms with van der Waals surface area (Å²) in [4.78, 5) is 12.4. The summed E-state index contributed by atoms with van der Waals surface area (Å²) in [5.41, 5.74) is 5.54. The van der Waals surface area contributed by atoms with Gasteiger partial charge in [0.05, 0.1) is 12.1 Å². The number of amides is 1. The molecule has 3 rings (SSSR count). The molecule has 0 saturated carbocycles. The Kier molecular flexibility index (Phi) is 6.03. The summed E-state index contributed by atoms with van der Waals surface area (Å²) in [6.45, 7) is 2.09. The topological polar surface area (TPSA) is 41.5 Å². The molecule has 0 unspecified atom stereocenters. The number of fused-ring (bicyclic) bond motifs is 1. The zero-order valence-corrected chi connectivity index (χ0v) is 15.5. The van der Waals surface area contributed by atoms with E-state index in [2.05, 4.69) is 29.6 Å². The Morgan fingerprint density at radius 2 is 1.73 bits per heavy atom. The van der Waals surface area contributed by atoms with Crippen LogP contribution in [0.4, 0.5) is 0 Å². The van der Waals surface area contributed by atoms with Crippen LogP contribution in [0.15, 0.2) is 71.8 Å². The number of carbonyl (C=O) groups is 1. The van der Waals surface area contributed by atoms with Gasteiger partial charge in [-0.25, -0.2) is 5.43 Å². The number of carbonyl (C=O) groups excluding carboxylic acids is 1. The van der Waals surface area contributed by atoms with Gasteiger partial charge in [-0.2, -0.15) is 5.10 Å². The van der Waals surface area contributed by atoms with E-state index in [0.29, 0.717) is 11.4 Å². The summed E-state index contributed by atoms with van der Waals surface area (Å²) in [6, 6.07) is 21.6. The summed E-state index contributed by atoms with van der Waals surface area (Å²) in [5, 5.41) is 7.28. The molecule has 0 radical (unpaired) electrons. The van der Waals surface area contributed by atoms with Gasteiger partial charge in [0.25, 0.3) is 0 Å². The molecule has 0 bridgehead atoms. The van der Waals surface area contributed by atoms with Gasteiger partial charge in [0.2, 0.25) is 5.91 Å². The first kappa shape index (κ1) is 18.2. The molecule has 3 nitrogen and oxygen atoms in total. The molecular weight excluding hydrogens is 344 g/mol. The average Bonchev–Trinajstić information content (AvgIpc) is 2.66. The van der Waals surface area contributed by atoms with Crippen LogP contribution in [0.25, 0.3) is 10.8 Å². The molecule has 0 spiro atoms. The van der Waals surface area contributed by atoms with E-state index in [9.17, 15) is 4.79 Å². The molecule has 0 atom stereocenters. The van der Waals surface area contributed by atoms with Crippen molar-refractivity contribution in [3.05, 3.63) is 82.9 Å². The van der Waals surface area contributed by atoms with E-state index in [0.717, 1.165) is 40.5 Å². The van der Waals surface area contributed by atoms with Crippen molar-refractivity contribution < 1.29 is 4.79 Å². The molecule has 4 heteroatoms. The number of hydrazone groups is 1. The van der Waals surface area contributed by atoms with Gasteiger partial charge < -0.3 is 0 Å². The lowest BCUT2D eigenvalue weighted by Crippen LogP contribution is -2.22. The standard InChI is InChI=1S/C22H21ClN2O/c1-2-6-21(17-11-13-19(23)14-12-17)24-25-22(26)15-18-9-5-8-16-7-3-4-10-20(16)18/h3-5,7-14H,2,6,15H2,1H3,(H,25,26)/b24-21+. The van der Waals surface area contributed by atoms with Gasteiger partial charge in [-0.1, -0.05) is 79.5 Å². The molecule has 0 aliphatic rings. The Hall–Kier alpha value is -2.65. The second-order valence-electron chi connectivity index (χ2n) is 6.17. The van der Waals surface area contributed by atoms with E-state index in [-0.39, 0.29) is 5.91 Å². The Labute approximate surface area is 158 Å². The number of nitrogens with one attached hydrogen (secondary N) is 1. The summed E-state index contributed by atoms with van der Waals surface area (Å²) in [7, 11) is 0. The lowest BCUT2D eigenvalue weighted by Gasteiger charge is -2.08. The zero-order valence-electron chi connectivity index (χ0n) is 14.7. The van der Waals surface area contributed by atoms with Crippen LogP contribution < -0.4 is 5.43 Å². The number of hydrogen-bond acceptors (Lipinski definition) is 2. The van der Waals surface area contributed by atoms with Crippen LogP contribution in [0.3, 0.4) is 0 Å². The number of hydrogen-bond donors (Lipinski definition) is 1. The van der Waals surface area contributed by atoms with Crippen molar-refractivity contribution in [2.75, 3.05) is 0 Å². The molecule has 1 N–H and O–H groups in total. The maximum Gasteiger partial charge on any atom is 0.244 e. The van der Waals surface area contributed by atoms with Crippen LogP contribution in [0, 0.1) is 0 Å². The van der Waals surface area contributed by atoms with Crippen LogP contribution in [0.2, 0.25) is 5.02 Å². The predicted molar refractivity (Wildman–Crippen MR) is 109 cm³/mol. The first-order valence-electron chi connectivity index (χ1n) is 8.75. The monoisotopic (exact) mass is 364 g/mol. The number of rotatable bonds is 6. The SMILES string of the molecule is CCC/C(=N\NC(=O)Cc1cccc2ccccc12)c1ccc(Cl)cc1. The third-order valence-electron chi connectivity index (χ3n) is 4.21. The fraction of sp³-hybridized carbons (Fsp3) is 0.182. The highest BCUT2D eigenvalue weighted by atomic mass is 35.5. The minimum atomic E-state index is -0.121. The maximum absolute atomic E-state index is 12.4. The number of halogens is 1. The highest BCUT2D eigenvalue weighted by molar-refractivity contribution is 6.30. The van der Waals surface area contributed by atoms with Gasteiger partial charge in [-0.05, 0) is 40.5 Å². The second-order valence-corrected chi connectivity index (χ2v) is 6.60. The maximum atomic E-state index is 12.4. The van der Waals surface area contributed by atoms with Crippen molar-refractivity contribution in [2.45, 2.75) is 26.2 Å². The minimum absolute atomic E-state index is 0.121. The van der Waals surface area contributed by atoms with Gasteiger partial charge in [0.15, 0.2) is 0 Å². The third kappa shape index (κ3) is 4.50. The van der Waals surface area contributed by atoms with Crippen LogP contribution in [0.5, 0.6) is 0 Å². The Bertz CT molecular complexity index is 927. The normalized spacial score (nSPS) is 11.5. The molecule has 26 heavy (non-hydrogen) atoms. The van der Waals surface area contributed by atoms with Gasteiger partial charge in [-0.15, -0.1) is 0 Å². The Morgan fingerprint density at radius 1 is 1.00 bits per heavy atom. The van der Waals surface area contributed by atoms with E-state index in [1.54, 1.807) is 0 Å². The molecule has 3 aromatic carbocycles. The number of nitrogens with zero attached hydrogens (tertiary/aromatic N) is 1. The van der Waals surface area contributed by atoms with Crippen molar-refractivity contribution in [2.24, 2.45) is 5.10 Å². The summed E-state index contributed by atoms with van der Waals surface area (Å²) in [6.07, 6.45) is 2.03. The lowest BCUT2D eigenvalue weighted by atomic mass is 10.0. The first-order chi connectivity index (χ1) is 12.7. The average molecular weight is 365 g/mol. The van der Waals surface area contributed by atoms with Crippen molar-refractivity contribution in [3.63, 3.8) is 0 Å². The van der Waals surface area contributed by atoms with E-state index < -0.39 is 0 Å². The molecule has 0 aliphatic carbocycles. The molecule has 0 fully saturated rings. The summed E-state index contributed by atoms with van der Waals surface area (Å²) < 4.78 is 0. The van der Waals surface area contributed by atoms with E-state index in [4.69, 9.17) is 11.6 Å². The van der Waals surface area contributed by atoms with E-state index >= 15 is 0 Å². The van der Waals surface area contributed by atoms with Crippen LogP contribution in [-0.4, -0.2) is 11.6 Å². The van der Waals surface area contributed by atoms with Crippen molar-refractivity contribution in [1.29, 1.82) is 0 Å². The molecular formula is C22H21ClN2O. The highest BCUT2D eigenvalue weighted by Gasteiger charge is 2.08. The van der Waals surface area contributed by atoms with Crippen LogP contribution >= 0.6 is 11.6 Å². The molecule has 1 amide bonds. The van der Waals surface area contributed by atoms with Crippen molar-refractivity contribution >= 4 is 34.0 Å². The Balaban J connectivity index is 1.75. The summed E-state index contributed by atoms with van der Waals surface area (Å²) >= 11 is 5.95. The van der Waals surface area contributed by atoms with Gasteiger partial charge in [-0.3, -0.25) is 4.79 Å². The van der Waals surface area contributed by atoms with Gasteiger partial charge >= 0.3 is 0 Å². The number of benzene rings is 3. The van der Waals surface area contributed by atoms with E-state index in [1.165, 1.54) is 0 Å². The molecule has 0 aliphatic heterocycles. The van der Waals surface area contributed by atoms with E-state index in [1.807, 2.05) is 54.6 Å². The zero-order chi connectivity index (χ0) is 18.4. The fourth-order valence-corrected chi connectivity index (χ4v) is 3.06. The highest BCUT2D eigenvalue weighted by Crippen LogP contribution is 2.19. The third-order valence-corrected chi connectivity index (χ3v) is 4.46.